The standard InChI is InChI=1S/C18H20BrFN2O4S/c1-26-10-9-22-27(24,25)15-5-6-17(19)16(12-15)18(23)21-8-7-13-3-2-4-14(20)11-13/h2-6,11-12,22H,7-10H2,1H3,(H,21,23). The molecule has 0 unspecified atom stereocenters. The lowest BCUT2D eigenvalue weighted by Gasteiger charge is -2.10. The Bertz CT molecular complexity index is 906. The molecule has 2 aromatic rings. The van der Waals surface area contributed by atoms with E-state index in [1.54, 1.807) is 12.1 Å². The maximum absolute atomic E-state index is 13.2. The van der Waals surface area contributed by atoms with Crippen molar-refractivity contribution in [2.24, 2.45) is 0 Å². The number of ether oxygens (including phenoxy) is 1. The number of carbonyl (C=O) groups is 1. The minimum absolute atomic E-state index is 0.0166. The molecule has 2 rings (SSSR count). The highest BCUT2D eigenvalue weighted by Gasteiger charge is 2.18. The predicted molar refractivity (Wildman–Crippen MR) is 104 cm³/mol. The third kappa shape index (κ3) is 6.39. The topological polar surface area (TPSA) is 84.5 Å². The molecule has 27 heavy (non-hydrogen) atoms. The fraction of sp³-hybridized carbons (Fsp3) is 0.278. The normalized spacial score (nSPS) is 11.4. The van der Waals surface area contributed by atoms with Gasteiger partial charge in [0, 0.05) is 24.7 Å². The van der Waals surface area contributed by atoms with Gasteiger partial charge in [0.25, 0.3) is 5.91 Å². The second kappa shape index (κ2) is 9.93. The quantitative estimate of drug-likeness (QED) is 0.565. The maximum Gasteiger partial charge on any atom is 0.252 e. The van der Waals surface area contributed by atoms with E-state index in [0.717, 1.165) is 5.56 Å². The first-order chi connectivity index (χ1) is 12.8. The van der Waals surface area contributed by atoms with Gasteiger partial charge < -0.3 is 10.1 Å². The van der Waals surface area contributed by atoms with Crippen LogP contribution in [0.15, 0.2) is 51.8 Å². The van der Waals surface area contributed by atoms with Crippen molar-refractivity contribution < 1.29 is 22.3 Å². The summed E-state index contributed by atoms with van der Waals surface area (Å²) in [6.07, 6.45) is 0.456. The maximum atomic E-state index is 13.2. The summed E-state index contributed by atoms with van der Waals surface area (Å²) in [5.74, 6) is -0.757. The van der Waals surface area contributed by atoms with Gasteiger partial charge in [0.2, 0.25) is 10.0 Å². The van der Waals surface area contributed by atoms with Gasteiger partial charge in [-0.2, -0.15) is 0 Å². The Hall–Kier alpha value is -1.81. The summed E-state index contributed by atoms with van der Waals surface area (Å²) in [7, 11) is -2.27. The zero-order chi connectivity index (χ0) is 19.9. The van der Waals surface area contributed by atoms with Crippen molar-refractivity contribution in [1.29, 1.82) is 0 Å². The molecule has 2 aromatic carbocycles. The molecule has 0 heterocycles. The van der Waals surface area contributed by atoms with E-state index >= 15 is 0 Å². The molecule has 2 N–H and O–H groups in total. The van der Waals surface area contributed by atoms with E-state index in [4.69, 9.17) is 4.74 Å². The second-order valence-electron chi connectivity index (χ2n) is 5.67. The molecule has 146 valence electrons. The molecule has 0 saturated heterocycles. The second-order valence-corrected chi connectivity index (χ2v) is 8.29. The first kappa shape index (κ1) is 21.5. The first-order valence-corrected chi connectivity index (χ1v) is 10.4. The van der Waals surface area contributed by atoms with Crippen molar-refractivity contribution in [1.82, 2.24) is 10.0 Å². The summed E-state index contributed by atoms with van der Waals surface area (Å²) in [5.41, 5.74) is 0.955. The van der Waals surface area contributed by atoms with Crippen LogP contribution in [-0.2, 0) is 21.2 Å². The van der Waals surface area contributed by atoms with Crippen LogP contribution in [0, 0.1) is 5.82 Å². The lowest BCUT2D eigenvalue weighted by atomic mass is 10.1. The van der Waals surface area contributed by atoms with Gasteiger partial charge in [0.05, 0.1) is 17.1 Å². The van der Waals surface area contributed by atoms with Gasteiger partial charge in [0.1, 0.15) is 5.82 Å². The first-order valence-electron chi connectivity index (χ1n) is 8.14. The number of sulfonamides is 1. The molecule has 0 aliphatic rings. The molecule has 0 aliphatic carbocycles. The number of benzene rings is 2. The van der Waals surface area contributed by atoms with Crippen molar-refractivity contribution in [2.75, 3.05) is 26.8 Å². The summed E-state index contributed by atoms with van der Waals surface area (Å²) in [5, 5.41) is 2.71. The number of nitrogens with one attached hydrogen (secondary N) is 2. The SMILES string of the molecule is COCCNS(=O)(=O)c1ccc(Br)c(C(=O)NCCc2cccc(F)c2)c1. The fourth-order valence-electron chi connectivity index (χ4n) is 2.32. The van der Waals surface area contributed by atoms with Crippen LogP contribution in [0.2, 0.25) is 0 Å². The molecule has 1 amide bonds. The van der Waals surface area contributed by atoms with E-state index < -0.39 is 15.9 Å². The Morgan fingerprint density at radius 2 is 1.96 bits per heavy atom. The lowest BCUT2D eigenvalue weighted by molar-refractivity contribution is 0.0953. The van der Waals surface area contributed by atoms with Gasteiger partial charge >= 0.3 is 0 Å². The number of amides is 1. The van der Waals surface area contributed by atoms with Crippen molar-refractivity contribution in [2.45, 2.75) is 11.3 Å². The summed E-state index contributed by atoms with van der Waals surface area (Å²) in [6, 6.07) is 10.3. The molecular formula is C18H20BrFN2O4S. The third-order valence-corrected chi connectivity index (χ3v) is 5.83. The minimum atomic E-state index is -3.75. The predicted octanol–water partition coefficient (Wildman–Crippen LogP) is 2.49. The van der Waals surface area contributed by atoms with Gasteiger partial charge in [-0.1, -0.05) is 12.1 Å². The van der Waals surface area contributed by atoms with Crippen LogP contribution in [0.1, 0.15) is 15.9 Å². The Morgan fingerprint density at radius 3 is 2.67 bits per heavy atom. The number of halogens is 2. The highest BCUT2D eigenvalue weighted by atomic mass is 79.9. The van der Waals surface area contributed by atoms with E-state index in [-0.39, 0.29) is 36.0 Å². The number of carbonyl (C=O) groups excluding carboxylic acids is 1. The molecule has 0 fully saturated rings. The van der Waals surface area contributed by atoms with E-state index in [2.05, 4.69) is 26.0 Å². The molecule has 0 atom stereocenters. The highest BCUT2D eigenvalue weighted by Crippen LogP contribution is 2.21. The molecule has 0 saturated carbocycles. The minimum Gasteiger partial charge on any atom is -0.383 e. The molecule has 0 aromatic heterocycles. The lowest BCUT2D eigenvalue weighted by Crippen LogP contribution is -2.29. The van der Waals surface area contributed by atoms with Crippen molar-refractivity contribution in [3.63, 3.8) is 0 Å². The molecule has 0 spiro atoms. The van der Waals surface area contributed by atoms with Crippen molar-refractivity contribution >= 4 is 31.9 Å². The third-order valence-electron chi connectivity index (χ3n) is 3.68. The van der Waals surface area contributed by atoms with Gasteiger partial charge in [0.15, 0.2) is 0 Å². The van der Waals surface area contributed by atoms with Crippen LogP contribution >= 0.6 is 15.9 Å². The van der Waals surface area contributed by atoms with Gasteiger partial charge in [-0.3, -0.25) is 4.79 Å². The molecule has 0 bridgehead atoms. The molecule has 6 nitrogen and oxygen atoms in total. The summed E-state index contributed by atoms with van der Waals surface area (Å²) in [4.78, 5) is 12.4. The summed E-state index contributed by atoms with van der Waals surface area (Å²) >= 11 is 3.26. The Labute approximate surface area is 166 Å². The number of rotatable bonds is 9. The summed E-state index contributed by atoms with van der Waals surface area (Å²) in [6.45, 7) is 0.658. The van der Waals surface area contributed by atoms with Crippen LogP contribution in [0.25, 0.3) is 0 Å². The highest BCUT2D eigenvalue weighted by molar-refractivity contribution is 9.10. The Kier molecular flexibility index (Phi) is 7.91. The van der Waals surface area contributed by atoms with Crippen LogP contribution in [0.4, 0.5) is 4.39 Å². The zero-order valence-electron chi connectivity index (χ0n) is 14.7. The van der Waals surface area contributed by atoms with Gasteiger partial charge in [-0.05, 0) is 58.2 Å². The Balaban J connectivity index is 2.05. The number of hydrogen-bond acceptors (Lipinski definition) is 4. The van der Waals surface area contributed by atoms with E-state index in [1.807, 2.05) is 0 Å². The smallest absolute Gasteiger partial charge is 0.252 e. The molecular weight excluding hydrogens is 439 g/mol. The van der Waals surface area contributed by atoms with Crippen LogP contribution in [0.3, 0.4) is 0 Å². The average Bonchev–Trinajstić information content (AvgIpc) is 2.62. The molecule has 0 aliphatic heterocycles. The van der Waals surface area contributed by atoms with Crippen LogP contribution in [0.5, 0.6) is 0 Å². The number of methoxy groups -OCH3 is 1. The largest absolute Gasteiger partial charge is 0.383 e. The average molecular weight is 459 g/mol. The zero-order valence-corrected chi connectivity index (χ0v) is 17.1. The molecule has 0 radical (unpaired) electrons. The van der Waals surface area contributed by atoms with E-state index in [0.29, 0.717) is 10.9 Å². The molecule has 9 heteroatoms. The van der Waals surface area contributed by atoms with Crippen LogP contribution in [-0.4, -0.2) is 41.1 Å². The van der Waals surface area contributed by atoms with Gasteiger partial charge in [-0.15, -0.1) is 0 Å². The fourth-order valence-corrected chi connectivity index (χ4v) is 3.78. The van der Waals surface area contributed by atoms with Crippen molar-refractivity contribution in [3.8, 4) is 0 Å². The Morgan fingerprint density at radius 1 is 1.19 bits per heavy atom. The summed E-state index contributed by atoms with van der Waals surface area (Å²) < 4.78 is 45.4. The number of hydrogen-bond donors (Lipinski definition) is 2. The van der Waals surface area contributed by atoms with Crippen molar-refractivity contribution in [3.05, 3.63) is 63.9 Å². The van der Waals surface area contributed by atoms with E-state index in [1.165, 1.54) is 37.4 Å². The van der Waals surface area contributed by atoms with Gasteiger partial charge in [-0.25, -0.2) is 17.5 Å². The monoisotopic (exact) mass is 458 g/mol. The van der Waals surface area contributed by atoms with E-state index in [9.17, 15) is 17.6 Å². The van der Waals surface area contributed by atoms with Crippen LogP contribution < -0.4 is 10.0 Å².